The van der Waals surface area contributed by atoms with E-state index in [4.69, 9.17) is 0 Å². The molecule has 0 unspecified atom stereocenters. The lowest BCUT2D eigenvalue weighted by Gasteiger charge is -2.25. The Hall–Kier alpha value is -0.910. The standard InChI is InChI=1S/C15H22N2O3S/c18-15(9-4-5-21(19,20)8-9)17-16-14-7-10-6-13(14)12-3-1-2-11(10)12/h9-13H,1-8H2,(H,17,18)/b16-14+/t9-,10+,11-,12+,13-/m0/s1. The van der Waals surface area contributed by atoms with Gasteiger partial charge in [-0.25, -0.2) is 13.8 Å². The molecule has 5 atom stereocenters. The van der Waals surface area contributed by atoms with E-state index in [2.05, 4.69) is 10.5 Å². The number of hydrogen-bond donors (Lipinski definition) is 1. The summed E-state index contributed by atoms with van der Waals surface area (Å²) in [6.45, 7) is 0. The third-order valence-corrected chi connectivity index (χ3v) is 7.88. The van der Waals surface area contributed by atoms with Crippen LogP contribution in [0.2, 0.25) is 0 Å². The van der Waals surface area contributed by atoms with Gasteiger partial charge in [0.1, 0.15) is 0 Å². The molecule has 1 amide bonds. The quantitative estimate of drug-likeness (QED) is 0.782. The van der Waals surface area contributed by atoms with Gasteiger partial charge >= 0.3 is 0 Å². The summed E-state index contributed by atoms with van der Waals surface area (Å²) in [5.41, 5.74) is 3.82. The molecular formula is C15H22N2O3S. The summed E-state index contributed by atoms with van der Waals surface area (Å²) in [7, 11) is -3.01. The van der Waals surface area contributed by atoms with Crippen LogP contribution < -0.4 is 5.43 Å². The molecule has 2 bridgehead atoms. The fourth-order valence-electron chi connectivity index (χ4n) is 5.16. The molecule has 4 fully saturated rings. The van der Waals surface area contributed by atoms with Crippen LogP contribution in [0.4, 0.5) is 0 Å². The molecule has 3 aliphatic carbocycles. The highest BCUT2D eigenvalue weighted by atomic mass is 32.2. The van der Waals surface area contributed by atoms with Crippen LogP contribution in [0, 0.1) is 29.6 Å². The van der Waals surface area contributed by atoms with Crippen molar-refractivity contribution in [1.82, 2.24) is 5.43 Å². The molecule has 1 aliphatic heterocycles. The van der Waals surface area contributed by atoms with Crippen LogP contribution in [0.15, 0.2) is 5.10 Å². The molecule has 5 nitrogen and oxygen atoms in total. The summed E-state index contributed by atoms with van der Waals surface area (Å²) >= 11 is 0. The van der Waals surface area contributed by atoms with Gasteiger partial charge in [-0.2, -0.15) is 5.10 Å². The molecule has 116 valence electrons. The smallest absolute Gasteiger partial charge is 0.244 e. The van der Waals surface area contributed by atoms with Gasteiger partial charge < -0.3 is 0 Å². The number of fused-ring (bicyclic) bond motifs is 5. The maximum Gasteiger partial charge on any atom is 0.244 e. The highest BCUT2D eigenvalue weighted by molar-refractivity contribution is 7.91. The van der Waals surface area contributed by atoms with Gasteiger partial charge in [-0.3, -0.25) is 4.79 Å². The molecule has 4 aliphatic rings. The molecule has 0 aromatic carbocycles. The molecule has 1 saturated heterocycles. The Morgan fingerprint density at radius 3 is 2.76 bits per heavy atom. The second-order valence-corrected chi connectivity index (χ2v) is 9.47. The van der Waals surface area contributed by atoms with E-state index < -0.39 is 15.8 Å². The highest BCUT2D eigenvalue weighted by Gasteiger charge is 2.52. The largest absolute Gasteiger partial charge is 0.273 e. The molecule has 3 saturated carbocycles. The number of nitrogens with one attached hydrogen (secondary N) is 1. The maximum atomic E-state index is 12.0. The lowest BCUT2D eigenvalue weighted by atomic mass is 9.81. The summed E-state index contributed by atoms with van der Waals surface area (Å²) in [4.78, 5) is 12.0. The zero-order chi connectivity index (χ0) is 14.6. The molecule has 1 heterocycles. The first-order chi connectivity index (χ1) is 10.0. The summed E-state index contributed by atoms with van der Waals surface area (Å²) in [6.07, 6.45) is 6.78. The van der Waals surface area contributed by atoms with Gasteiger partial charge in [0.05, 0.1) is 17.4 Å². The summed E-state index contributed by atoms with van der Waals surface area (Å²) in [5, 5.41) is 4.38. The minimum absolute atomic E-state index is 0.0135. The second-order valence-electron chi connectivity index (χ2n) is 7.24. The van der Waals surface area contributed by atoms with E-state index >= 15 is 0 Å². The first kappa shape index (κ1) is 13.7. The molecule has 0 radical (unpaired) electrons. The fraction of sp³-hybridized carbons (Fsp3) is 0.867. The minimum Gasteiger partial charge on any atom is -0.273 e. The van der Waals surface area contributed by atoms with E-state index in [0.717, 1.165) is 29.9 Å². The fourth-order valence-corrected chi connectivity index (χ4v) is 6.91. The maximum absolute atomic E-state index is 12.0. The van der Waals surface area contributed by atoms with Crippen LogP contribution in [0.5, 0.6) is 0 Å². The molecule has 0 aromatic heterocycles. The summed E-state index contributed by atoms with van der Waals surface area (Å²) in [6, 6.07) is 0. The Bertz CT molecular complexity index is 598. The van der Waals surface area contributed by atoms with Crippen molar-refractivity contribution in [3.63, 3.8) is 0 Å². The van der Waals surface area contributed by atoms with E-state index in [1.54, 1.807) is 0 Å². The minimum atomic E-state index is -3.01. The van der Waals surface area contributed by atoms with E-state index in [1.165, 1.54) is 25.7 Å². The van der Waals surface area contributed by atoms with Crippen molar-refractivity contribution < 1.29 is 13.2 Å². The lowest BCUT2D eigenvalue weighted by Crippen LogP contribution is -2.31. The topological polar surface area (TPSA) is 75.6 Å². The zero-order valence-corrected chi connectivity index (χ0v) is 12.9. The van der Waals surface area contributed by atoms with E-state index in [0.29, 0.717) is 12.3 Å². The molecule has 0 spiro atoms. The molecule has 4 rings (SSSR count). The van der Waals surface area contributed by atoms with Gasteiger partial charge in [-0.05, 0) is 49.9 Å². The Morgan fingerprint density at radius 1 is 1.19 bits per heavy atom. The molecule has 0 aromatic rings. The van der Waals surface area contributed by atoms with E-state index in [9.17, 15) is 13.2 Å². The number of carbonyl (C=O) groups is 1. The molecular weight excluding hydrogens is 288 g/mol. The van der Waals surface area contributed by atoms with Gasteiger partial charge in [0.15, 0.2) is 9.84 Å². The average Bonchev–Trinajstić information content (AvgIpc) is 3.15. The molecule has 21 heavy (non-hydrogen) atoms. The van der Waals surface area contributed by atoms with E-state index in [1.807, 2.05) is 0 Å². The average molecular weight is 310 g/mol. The summed E-state index contributed by atoms with van der Waals surface area (Å²) in [5.74, 6) is 2.57. The third-order valence-electron chi connectivity index (χ3n) is 6.12. The number of sulfone groups is 1. The Kier molecular flexibility index (Phi) is 3.14. The number of hydrazone groups is 1. The number of nitrogens with zero attached hydrogens (tertiary/aromatic N) is 1. The summed E-state index contributed by atoms with van der Waals surface area (Å²) < 4.78 is 22.8. The normalized spacial score (nSPS) is 45.1. The van der Waals surface area contributed by atoms with Crippen LogP contribution in [0.1, 0.15) is 38.5 Å². The Balaban J connectivity index is 1.40. The van der Waals surface area contributed by atoms with Crippen molar-refractivity contribution in [3.8, 4) is 0 Å². The van der Waals surface area contributed by atoms with Crippen molar-refractivity contribution in [3.05, 3.63) is 0 Å². The first-order valence-corrected chi connectivity index (χ1v) is 9.92. The number of hydrogen-bond acceptors (Lipinski definition) is 4. The van der Waals surface area contributed by atoms with E-state index in [-0.39, 0.29) is 17.4 Å². The van der Waals surface area contributed by atoms with Crippen LogP contribution in [-0.4, -0.2) is 31.5 Å². The predicted molar refractivity (Wildman–Crippen MR) is 79.4 cm³/mol. The lowest BCUT2D eigenvalue weighted by molar-refractivity contribution is -0.124. The van der Waals surface area contributed by atoms with Crippen molar-refractivity contribution in [2.24, 2.45) is 34.7 Å². The number of amides is 1. The monoisotopic (exact) mass is 310 g/mol. The highest BCUT2D eigenvalue weighted by Crippen LogP contribution is 2.57. The first-order valence-electron chi connectivity index (χ1n) is 8.10. The van der Waals surface area contributed by atoms with Gasteiger partial charge in [-0.15, -0.1) is 0 Å². The Morgan fingerprint density at radius 2 is 2.00 bits per heavy atom. The predicted octanol–water partition coefficient (Wildman–Crippen LogP) is 1.35. The van der Waals surface area contributed by atoms with Crippen LogP contribution in [-0.2, 0) is 14.6 Å². The Labute approximate surface area is 125 Å². The third kappa shape index (κ3) is 2.31. The SMILES string of the molecule is O=C(N/N=C1\C[C@H]2C[C@H]1[C@@H]1CCC[C@@H]21)[C@H]1CCS(=O)(=O)C1. The van der Waals surface area contributed by atoms with Crippen molar-refractivity contribution >= 4 is 21.5 Å². The van der Waals surface area contributed by atoms with Gasteiger partial charge in [0.2, 0.25) is 5.91 Å². The van der Waals surface area contributed by atoms with Gasteiger partial charge in [0.25, 0.3) is 0 Å². The second kappa shape index (κ2) is 4.80. The number of carbonyl (C=O) groups excluding carboxylic acids is 1. The molecule has 6 heteroatoms. The molecule has 1 N–H and O–H groups in total. The van der Waals surface area contributed by atoms with Crippen LogP contribution in [0.3, 0.4) is 0 Å². The van der Waals surface area contributed by atoms with Gasteiger partial charge in [0, 0.05) is 11.6 Å². The van der Waals surface area contributed by atoms with Crippen molar-refractivity contribution in [1.29, 1.82) is 0 Å². The van der Waals surface area contributed by atoms with Crippen molar-refractivity contribution in [2.75, 3.05) is 11.5 Å². The van der Waals surface area contributed by atoms with Crippen LogP contribution >= 0.6 is 0 Å². The zero-order valence-electron chi connectivity index (χ0n) is 12.1. The number of rotatable bonds is 2. The van der Waals surface area contributed by atoms with Gasteiger partial charge in [-0.1, -0.05) is 6.42 Å². The van der Waals surface area contributed by atoms with Crippen LogP contribution in [0.25, 0.3) is 0 Å². The van der Waals surface area contributed by atoms with Crippen molar-refractivity contribution in [2.45, 2.75) is 38.5 Å².